The first-order valence-corrected chi connectivity index (χ1v) is 6.37. The Balaban J connectivity index is 0.00000180. The van der Waals surface area contributed by atoms with Gasteiger partial charge in [-0.2, -0.15) is 0 Å². The molecule has 4 N–H and O–H groups in total. The Morgan fingerprint density at radius 3 is 2.16 bits per heavy atom. The summed E-state index contributed by atoms with van der Waals surface area (Å²) in [4.78, 5) is 0. The van der Waals surface area contributed by atoms with Crippen molar-refractivity contribution in [1.29, 1.82) is 0 Å². The first-order chi connectivity index (χ1) is 8.32. The van der Waals surface area contributed by atoms with Gasteiger partial charge in [0.2, 0.25) is 0 Å². The monoisotopic (exact) mass is 258 g/mol. The molecule has 0 aromatic heterocycles. The molecule has 2 rings (SSSR count). The zero-order chi connectivity index (χ0) is 13.5. The molecule has 0 heterocycles. The van der Waals surface area contributed by atoms with Crippen LogP contribution in [0.4, 0.5) is 0 Å². The summed E-state index contributed by atoms with van der Waals surface area (Å²) in [5.41, 5.74) is 19.0. The molecular weight excluding hydrogens is 232 g/mol. The van der Waals surface area contributed by atoms with Gasteiger partial charge in [-0.25, -0.2) is 0 Å². The molecule has 0 aliphatic heterocycles. The van der Waals surface area contributed by atoms with Crippen molar-refractivity contribution in [1.82, 2.24) is 0 Å². The van der Waals surface area contributed by atoms with E-state index in [0.717, 1.165) is 0 Å². The van der Waals surface area contributed by atoms with Crippen molar-refractivity contribution in [3.05, 3.63) is 52.1 Å². The smallest absolute Gasteiger partial charge is 0.0867 e. The second-order valence-electron chi connectivity index (χ2n) is 5.43. The molecule has 19 heavy (non-hydrogen) atoms. The average molecular weight is 258 g/mol. The summed E-state index contributed by atoms with van der Waals surface area (Å²) in [6.07, 6.45) is 6.76. The van der Waals surface area contributed by atoms with Gasteiger partial charge < -0.3 is 11.5 Å². The van der Waals surface area contributed by atoms with E-state index < -0.39 is 5.66 Å². The van der Waals surface area contributed by atoms with Crippen LogP contribution in [-0.2, 0) is 0 Å². The predicted octanol–water partition coefficient (Wildman–Crippen LogP) is 3.51. The van der Waals surface area contributed by atoms with Gasteiger partial charge in [-0.15, -0.1) is 0 Å². The van der Waals surface area contributed by atoms with Crippen molar-refractivity contribution in [2.24, 2.45) is 11.5 Å². The topological polar surface area (TPSA) is 52.0 Å². The van der Waals surface area contributed by atoms with E-state index in [-0.39, 0.29) is 7.43 Å². The molecule has 0 unspecified atom stereocenters. The van der Waals surface area contributed by atoms with E-state index in [9.17, 15) is 0 Å². The maximum absolute atomic E-state index is 5.89. The molecule has 1 aliphatic carbocycles. The van der Waals surface area contributed by atoms with Crippen molar-refractivity contribution in [2.75, 3.05) is 0 Å². The minimum Gasteiger partial charge on any atom is -0.310 e. The molecule has 0 spiro atoms. The number of nitrogens with two attached hydrogens (primary N) is 2. The van der Waals surface area contributed by atoms with Gasteiger partial charge in [-0.05, 0) is 67.2 Å². The molecular formula is C17H26N2. The largest absolute Gasteiger partial charge is 0.310 e. The van der Waals surface area contributed by atoms with Gasteiger partial charge in [0.1, 0.15) is 0 Å². The van der Waals surface area contributed by atoms with Crippen LogP contribution in [0.2, 0.25) is 0 Å². The molecule has 0 saturated carbocycles. The molecule has 0 atom stereocenters. The lowest BCUT2D eigenvalue weighted by Gasteiger charge is -2.24. The van der Waals surface area contributed by atoms with Crippen LogP contribution in [0.15, 0.2) is 24.3 Å². The molecule has 1 aliphatic rings. The van der Waals surface area contributed by atoms with Gasteiger partial charge in [-0.1, -0.05) is 25.6 Å². The summed E-state index contributed by atoms with van der Waals surface area (Å²) in [6, 6.07) is 2.26. The van der Waals surface area contributed by atoms with Gasteiger partial charge in [0.25, 0.3) is 0 Å². The van der Waals surface area contributed by atoms with Crippen LogP contribution >= 0.6 is 0 Å². The number of aryl methyl sites for hydroxylation is 1. The summed E-state index contributed by atoms with van der Waals surface area (Å²) in [6.45, 7) is 8.70. The molecule has 104 valence electrons. The van der Waals surface area contributed by atoms with Crippen LogP contribution in [0.1, 0.15) is 41.7 Å². The van der Waals surface area contributed by atoms with Crippen LogP contribution < -0.4 is 11.5 Å². The highest BCUT2D eigenvalue weighted by molar-refractivity contribution is 5.78. The average Bonchev–Trinajstić information content (AvgIpc) is 2.32. The van der Waals surface area contributed by atoms with Crippen molar-refractivity contribution < 1.29 is 0 Å². The highest BCUT2D eigenvalue weighted by atomic mass is 14.9. The van der Waals surface area contributed by atoms with Crippen LogP contribution in [-0.4, -0.2) is 5.66 Å². The summed E-state index contributed by atoms with van der Waals surface area (Å²) in [7, 11) is 0. The van der Waals surface area contributed by atoms with Crippen LogP contribution in [0.5, 0.6) is 0 Å². The first kappa shape index (κ1) is 15.7. The summed E-state index contributed by atoms with van der Waals surface area (Å²) in [5.74, 6) is 0. The van der Waals surface area contributed by atoms with Crippen molar-refractivity contribution in [3.63, 3.8) is 0 Å². The third-order valence-corrected chi connectivity index (χ3v) is 4.04. The van der Waals surface area contributed by atoms with E-state index in [0.29, 0.717) is 6.42 Å². The van der Waals surface area contributed by atoms with Gasteiger partial charge in [0.15, 0.2) is 0 Å². The highest BCUT2D eigenvalue weighted by Crippen LogP contribution is 2.30. The fourth-order valence-electron chi connectivity index (χ4n) is 2.38. The quantitative estimate of drug-likeness (QED) is 0.757. The second-order valence-corrected chi connectivity index (χ2v) is 5.43. The van der Waals surface area contributed by atoms with E-state index in [2.05, 4.69) is 39.8 Å². The lowest BCUT2D eigenvalue weighted by Crippen LogP contribution is -2.47. The van der Waals surface area contributed by atoms with Crippen molar-refractivity contribution in [2.45, 2.75) is 47.2 Å². The van der Waals surface area contributed by atoms with Crippen molar-refractivity contribution in [3.8, 4) is 0 Å². The number of benzene rings is 1. The van der Waals surface area contributed by atoms with Gasteiger partial charge in [0.05, 0.1) is 5.66 Å². The Bertz CT molecular complexity index is 549. The number of hydrogen-bond donors (Lipinski definition) is 2. The van der Waals surface area contributed by atoms with E-state index in [1.807, 2.05) is 12.2 Å². The minimum absolute atomic E-state index is 0. The van der Waals surface area contributed by atoms with Crippen LogP contribution in [0.25, 0.3) is 5.57 Å². The Labute approximate surface area is 117 Å². The van der Waals surface area contributed by atoms with Crippen LogP contribution in [0.3, 0.4) is 0 Å². The Morgan fingerprint density at radius 1 is 1.00 bits per heavy atom. The van der Waals surface area contributed by atoms with E-state index in [1.54, 1.807) is 0 Å². The molecule has 0 fully saturated rings. The lowest BCUT2D eigenvalue weighted by atomic mass is 9.87. The number of hydrogen-bond acceptors (Lipinski definition) is 2. The van der Waals surface area contributed by atoms with E-state index in [1.165, 1.54) is 33.4 Å². The van der Waals surface area contributed by atoms with Gasteiger partial charge >= 0.3 is 0 Å². The maximum Gasteiger partial charge on any atom is 0.0867 e. The Kier molecular flexibility index (Phi) is 4.39. The zero-order valence-electron chi connectivity index (χ0n) is 11.7. The Hall–Kier alpha value is -1.38. The molecule has 1 aromatic rings. The number of allylic oxidation sites excluding steroid dienone is 2. The van der Waals surface area contributed by atoms with Gasteiger partial charge in [-0.3, -0.25) is 0 Å². The zero-order valence-corrected chi connectivity index (χ0v) is 11.7. The van der Waals surface area contributed by atoms with Crippen LogP contribution in [0, 0.1) is 27.7 Å². The third-order valence-electron chi connectivity index (χ3n) is 4.04. The van der Waals surface area contributed by atoms with E-state index >= 15 is 0 Å². The lowest BCUT2D eigenvalue weighted by molar-refractivity contribution is 0.559. The second kappa shape index (κ2) is 5.32. The molecule has 0 radical (unpaired) electrons. The molecule has 0 amide bonds. The number of rotatable bonds is 1. The summed E-state index contributed by atoms with van der Waals surface area (Å²) >= 11 is 0. The van der Waals surface area contributed by atoms with E-state index in [4.69, 9.17) is 11.5 Å². The predicted molar refractivity (Wildman–Crippen MR) is 85.0 cm³/mol. The fourth-order valence-corrected chi connectivity index (χ4v) is 2.38. The van der Waals surface area contributed by atoms with Crippen molar-refractivity contribution >= 4 is 5.57 Å². The molecule has 1 aromatic carbocycles. The maximum atomic E-state index is 5.89. The summed E-state index contributed by atoms with van der Waals surface area (Å²) in [5, 5.41) is 0. The minimum atomic E-state index is -0.688. The molecule has 2 heteroatoms. The normalized spacial score (nSPS) is 16.8. The first-order valence-electron chi connectivity index (χ1n) is 6.37. The molecule has 2 nitrogen and oxygen atoms in total. The summed E-state index contributed by atoms with van der Waals surface area (Å²) < 4.78 is 0. The molecule has 0 bridgehead atoms. The fraction of sp³-hybridized carbons (Fsp3) is 0.412. The van der Waals surface area contributed by atoms with Gasteiger partial charge in [0, 0.05) is 6.42 Å². The standard InChI is InChI=1S/C16H22N2.CH4/c1-10-9-15(13(4)12(3)11(10)2)14-5-7-16(17,18)8-6-14;/h5-7,9H,8,17-18H2,1-4H3;1H4. The third kappa shape index (κ3) is 2.96. The highest BCUT2D eigenvalue weighted by Gasteiger charge is 2.19. The SMILES string of the molecule is C.Cc1cc(C2=CCC(N)(N)C=C2)c(C)c(C)c1C. The Morgan fingerprint density at radius 2 is 1.63 bits per heavy atom. The molecule has 0 saturated heterocycles.